The number of aryl methyl sites for hydroxylation is 1. The average Bonchev–Trinajstić information content (AvgIpc) is 3.57. The number of carbonyl (C=O) groups excluding carboxylic acids is 4. The lowest BCUT2D eigenvalue weighted by atomic mass is 9.93. The van der Waals surface area contributed by atoms with Crippen LogP contribution in [-0.2, 0) is 17.8 Å². The first kappa shape index (κ1) is 37.0. The predicted octanol–water partition coefficient (Wildman–Crippen LogP) is 5.66. The van der Waals surface area contributed by atoms with Crippen molar-refractivity contribution in [3.63, 3.8) is 0 Å². The number of fused-ring (bicyclic) bond motifs is 1. The number of aromatic nitrogens is 2. The number of nitrogens with zero attached hydrogens (tertiary/aromatic N) is 4. The molecule has 2 aliphatic rings. The second kappa shape index (κ2) is 16.7. The van der Waals surface area contributed by atoms with Crippen molar-refractivity contribution in [2.24, 2.45) is 0 Å². The van der Waals surface area contributed by atoms with Crippen LogP contribution in [0.15, 0.2) is 90.6 Å². The predicted molar refractivity (Wildman–Crippen MR) is 202 cm³/mol. The molecule has 0 radical (unpaired) electrons. The Labute approximate surface area is 309 Å². The van der Waals surface area contributed by atoms with Gasteiger partial charge in [-0.05, 0) is 73.2 Å². The fourth-order valence-corrected chi connectivity index (χ4v) is 6.83. The highest BCUT2D eigenvalue weighted by Gasteiger charge is 2.32. The zero-order valence-electron chi connectivity index (χ0n) is 30.5. The minimum absolute atomic E-state index is 0.0642. The van der Waals surface area contributed by atoms with Gasteiger partial charge < -0.3 is 30.9 Å². The molecule has 276 valence electrons. The highest BCUT2D eigenvalue weighted by atomic mass is 16.3. The van der Waals surface area contributed by atoms with E-state index in [0.29, 0.717) is 36.6 Å². The molecule has 12 heteroatoms. The third-order valence-corrected chi connectivity index (χ3v) is 9.77. The van der Waals surface area contributed by atoms with Gasteiger partial charge in [-0.3, -0.25) is 14.4 Å². The second-order valence-corrected chi connectivity index (χ2v) is 13.6. The number of benzene rings is 3. The summed E-state index contributed by atoms with van der Waals surface area (Å²) in [7, 11) is 0. The summed E-state index contributed by atoms with van der Waals surface area (Å²) >= 11 is 0. The molecular formula is C41H47N7O5. The first-order valence-corrected chi connectivity index (χ1v) is 18.3. The molecule has 0 bridgehead atoms. The number of anilines is 1. The number of hydrogen-bond acceptors (Lipinski definition) is 6. The van der Waals surface area contributed by atoms with Gasteiger partial charge in [-0.2, -0.15) is 5.10 Å². The van der Waals surface area contributed by atoms with Crippen LogP contribution in [0.3, 0.4) is 0 Å². The standard InChI is InChI=1S/C41H47N7O5/c1-4-6-19-46(20-7-5-2)40(52)36-21-27(3)48(45-36)37-18-17-31(42-38(50)35-24-34(43-41(53)44-35)28-13-9-8-10-14-28)23-33(37)39(51)47-25-30-16-12-11-15-29(30)22-32(47)26-49/h8-18,21,23-24,32,34,49H,4-7,19-20,22,25-26H2,1-3H3,(H,42,50)(H2,43,44,53)/t32-,34?/m0/s1. The molecule has 2 atom stereocenters. The van der Waals surface area contributed by atoms with Crippen molar-refractivity contribution in [3.05, 3.63) is 124 Å². The van der Waals surface area contributed by atoms with Crippen LogP contribution in [0.5, 0.6) is 0 Å². The zero-order valence-corrected chi connectivity index (χ0v) is 30.5. The van der Waals surface area contributed by atoms with Crippen LogP contribution in [-0.4, -0.2) is 74.2 Å². The molecular weight excluding hydrogens is 670 g/mol. The fraction of sp³-hybridized carbons (Fsp3) is 0.341. The van der Waals surface area contributed by atoms with E-state index in [1.807, 2.05) is 66.4 Å². The van der Waals surface area contributed by atoms with Crippen LogP contribution < -0.4 is 16.0 Å². The first-order chi connectivity index (χ1) is 25.7. The lowest BCUT2D eigenvalue weighted by molar-refractivity contribution is -0.113. The van der Waals surface area contributed by atoms with Crippen LogP contribution in [0, 0.1) is 6.92 Å². The monoisotopic (exact) mass is 717 g/mol. The van der Waals surface area contributed by atoms with Crippen molar-refractivity contribution in [2.45, 2.75) is 71.5 Å². The Hall–Kier alpha value is -5.75. The van der Waals surface area contributed by atoms with Gasteiger partial charge >= 0.3 is 6.03 Å². The number of unbranched alkanes of at least 4 members (excludes halogenated alkanes) is 2. The molecule has 3 heterocycles. The SMILES string of the molecule is CCCCN(CCCC)C(=O)c1cc(C)n(-c2ccc(NC(=O)C3=CC(c4ccccc4)NC(=O)N3)cc2C(=O)N2Cc3ccccc3C[C@H]2CO)n1. The average molecular weight is 718 g/mol. The van der Waals surface area contributed by atoms with Gasteiger partial charge in [-0.15, -0.1) is 0 Å². The second-order valence-electron chi connectivity index (χ2n) is 13.6. The summed E-state index contributed by atoms with van der Waals surface area (Å²) in [6.45, 7) is 7.34. The number of nitrogens with one attached hydrogen (secondary N) is 3. The maximum absolute atomic E-state index is 14.7. The van der Waals surface area contributed by atoms with Gasteiger partial charge in [0.15, 0.2) is 5.69 Å². The molecule has 5 amide bonds. The molecule has 6 rings (SSSR count). The van der Waals surface area contributed by atoms with Gasteiger partial charge in [0.2, 0.25) is 0 Å². The summed E-state index contributed by atoms with van der Waals surface area (Å²) in [6, 6.07) is 22.3. The number of carbonyl (C=O) groups is 4. The fourth-order valence-electron chi connectivity index (χ4n) is 6.83. The van der Waals surface area contributed by atoms with Crippen LogP contribution in [0.2, 0.25) is 0 Å². The summed E-state index contributed by atoms with van der Waals surface area (Å²) in [4.78, 5) is 58.1. The highest BCUT2D eigenvalue weighted by molar-refractivity contribution is 6.07. The van der Waals surface area contributed by atoms with E-state index < -0.39 is 24.0 Å². The van der Waals surface area contributed by atoms with Crippen LogP contribution in [0.1, 0.15) is 88.8 Å². The summed E-state index contributed by atoms with van der Waals surface area (Å²) in [5, 5.41) is 23.4. The van der Waals surface area contributed by atoms with Gasteiger partial charge in [-0.1, -0.05) is 81.3 Å². The molecule has 4 aromatic rings. The van der Waals surface area contributed by atoms with Crippen molar-refractivity contribution in [1.82, 2.24) is 30.2 Å². The van der Waals surface area contributed by atoms with Crippen LogP contribution in [0.4, 0.5) is 10.5 Å². The quantitative estimate of drug-likeness (QED) is 0.140. The Balaban J connectivity index is 1.36. The minimum atomic E-state index is -0.561. The maximum atomic E-state index is 14.7. The Bertz CT molecular complexity index is 2000. The Morgan fingerprint density at radius 2 is 1.64 bits per heavy atom. The van der Waals surface area contributed by atoms with Crippen molar-refractivity contribution < 1.29 is 24.3 Å². The van der Waals surface area contributed by atoms with E-state index in [-0.39, 0.29) is 41.9 Å². The topological polar surface area (TPSA) is 149 Å². The van der Waals surface area contributed by atoms with E-state index in [2.05, 4.69) is 29.8 Å². The summed E-state index contributed by atoms with van der Waals surface area (Å²) in [6.07, 6.45) is 5.81. The largest absolute Gasteiger partial charge is 0.394 e. The van der Waals surface area contributed by atoms with Gasteiger partial charge in [0.05, 0.1) is 29.9 Å². The first-order valence-electron chi connectivity index (χ1n) is 18.3. The molecule has 0 saturated carbocycles. The number of rotatable bonds is 13. The molecule has 0 fully saturated rings. The Kier molecular flexibility index (Phi) is 11.7. The molecule has 4 N–H and O–H groups in total. The third kappa shape index (κ3) is 8.33. The van der Waals surface area contributed by atoms with Crippen LogP contribution >= 0.6 is 0 Å². The molecule has 12 nitrogen and oxygen atoms in total. The van der Waals surface area contributed by atoms with E-state index in [1.165, 1.54) is 0 Å². The Morgan fingerprint density at radius 3 is 2.34 bits per heavy atom. The van der Waals surface area contributed by atoms with Gasteiger partial charge in [0.25, 0.3) is 17.7 Å². The molecule has 2 aliphatic heterocycles. The van der Waals surface area contributed by atoms with Gasteiger partial charge in [0, 0.05) is 31.0 Å². The molecule has 1 aromatic heterocycles. The van der Waals surface area contributed by atoms with E-state index in [0.717, 1.165) is 42.4 Å². The van der Waals surface area contributed by atoms with Crippen molar-refractivity contribution >= 4 is 29.4 Å². The Morgan fingerprint density at radius 1 is 0.943 bits per heavy atom. The third-order valence-electron chi connectivity index (χ3n) is 9.77. The lowest BCUT2D eigenvalue weighted by Crippen LogP contribution is -2.46. The molecule has 3 aromatic carbocycles. The number of hydrogen-bond donors (Lipinski definition) is 4. The van der Waals surface area contributed by atoms with E-state index >= 15 is 0 Å². The molecule has 0 spiro atoms. The normalized spacial score (nSPS) is 16.6. The number of aliphatic hydroxyl groups is 1. The molecule has 1 unspecified atom stereocenters. The van der Waals surface area contributed by atoms with Crippen molar-refractivity contribution in [2.75, 3.05) is 25.0 Å². The van der Waals surface area contributed by atoms with Gasteiger partial charge in [0.1, 0.15) is 5.70 Å². The van der Waals surface area contributed by atoms with Gasteiger partial charge in [-0.25, -0.2) is 9.48 Å². The van der Waals surface area contributed by atoms with E-state index in [9.17, 15) is 24.3 Å². The summed E-state index contributed by atoms with van der Waals surface area (Å²) in [5.41, 5.74) is 4.85. The molecule has 0 saturated heterocycles. The smallest absolute Gasteiger partial charge is 0.320 e. The summed E-state index contributed by atoms with van der Waals surface area (Å²) in [5.74, 6) is -1.09. The number of amides is 5. The number of urea groups is 1. The zero-order chi connectivity index (χ0) is 37.5. The minimum Gasteiger partial charge on any atom is -0.394 e. The van der Waals surface area contributed by atoms with E-state index in [4.69, 9.17) is 5.10 Å². The molecule has 0 aliphatic carbocycles. The van der Waals surface area contributed by atoms with Crippen molar-refractivity contribution in [1.29, 1.82) is 0 Å². The lowest BCUT2D eigenvalue weighted by Gasteiger charge is -2.36. The molecule has 53 heavy (non-hydrogen) atoms. The number of aliphatic hydroxyl groups excluding tert-OH is 1. The maximum Gasteiger partial charge on any atom is 0.320 e. The van der Waals surface area contributed by atoms with Crippen molar-refractivity contribution in [3.8, 4) is 5.69 Å². The summed E-state index contributed by atoms with van der Waals surface area (Å²) < 4.78 is 1.59. The highest BCUT2D eigenvalue weighted by Crippen LogP contribution is 2.29. The van der Waals surface area contributed by atoms with Crippen LogP contribution in [0.25, 0.3) is 5.69 Å². The van der Waals surface area contributed by atoms with E-state index in [1.54, 1.807) is 39.9 Å².